The Hall–Kier alpha value is -1.26. The molecule has 0 aliphatic carbocycles. The second-order valence-electron chi connectivity index (χ2n) is 5.12. The number of hydrogen-bond acceptors (Lipinski definition) is 2. The van der Waals surface area contributed by atoms with Crippen LogP contribution in [-0.4, -0.2) is 34.1 Å². The number of aromatic nitrogens is 2. The number of rotatable bonds is 3. The number of benzene rings is 1. The first-order chi connectivity index (χ1) is 9.25. The summed E-state index contributed by atoms with van der Waals surface area (Å²) >= 11 is 6.20. The van der Waals surface area contributed by atoms with Crippen molar-refractivity contribution in [3.8, 4) is 0 Å². The molecule has 3 rings (SSSR count). The maximum Gasteiger partial charge on any atom is 0.326 e. The van der Waals surface area contributed by atoms with E-state index in [0.29, 0.717) is 11.6 Å². The Morgan fingerprint density at radius 3 is 2.74 bits per heavy atom. The van der Waals surface area contributed by atoms with Crippen LogP contribution in [0.4, 0.5) is 0 Å². The number of likely N-dealkylation sites (tertiary alicyclic amines) is 1. The second-order valence-corrected chi connectivity index (χ2v) is 5.53. The van der Waals surface area contributed by atoms with Crippen molar-refractivity contribution in [2.24, 2.45) is 0 Å². The zero-order chi connectivity index (χ0) is 13.2. The van der Waals surface area contributed by atoms with E-state index in [1.807, 2.05) is 18.2 Å². The van der Waals surface area contributed by atoms with Gasteiger partial charge < -0.3 is 9.88 Å². The highest BCUT2D eigenvalue weighted by Gasteiger charge is 2.13. The number of piperidine rings is 1. The molecule has 19 heavy (non-hydrogen) atoms. The average Bonchev–Trinajstić information content (AvgIpc) is 2.75. The maximum atomic E-state index is 12.0. The van der Waals surface area contributed by atoms with Crippen LogP contribution in [0.2, 0.25) is 5.02 Å². The van der Waals surface area contributed by atoms with Gasteiger partial charge in [-0.1, -0.05) is 24.1 Å². The van der Waals surface area contributed by atoms with Gasteiger partial charge in [-0.05, 0) is 38.1 Å². The number of para-hydroxylation sites is 1. The molecule has 0 spiro atoms. The van der Waals surface area contributed by atoms with E-state index in [4.69, 9.17) is 11.6 Å². The lowest BCUT2D eigenvalue weighted by molar-refractivity contribution is 0.221. The Labute approximate surface area is 117 Å². The number of nitrogens with one attached hydrogen (secondary N) is 1. The molecular weight excluding hydrogens is 262 g/mol. The van der Waals surface area contributed by atoms with Crippen molar-refractivity contribution in [1.82, 2.24) is 14.5 Å². The Kier molecular flexibility index (Phi) is 3.62. The maximum absolute atomic E-state index is 12.0. The zero-order valence-corrected chi connectivity index (χ0v) is 11.6. The molecule has 2 aromatic rings. The molecule has 0 radical (unpaired) electrons. The van der Waals surface area contributed by atoms with E-state index in [-0.39, 0.29) is 5.69 Å². The SMILES string of the molecule is O=c1[nH]c2cccc(Cl)c2n1CCN1CCCCC1. The van der Waals surface area contributed by atoms with Crippen molar-refractivity contribution >= 4 is 22.6 Å². The highest BCUT2D eigenvalue weighted by molar-refractivity contribution is 6.34. The summed E-state index contributed by atoms with van der Waals surface area (Å²) in [5.74, 6) is 0. The smallest absolute Gasteiger partial charge is 0.305 e. The van der Waals surface area contributed by atoms with Crippen LogP contribution in [0, 0.1) is 0 Å². The molecule has 1 aromatic heterocycles. The van der Waals surface area contributed by atoms with Gasteiger partial charge in [-0.2, -0.15) is 0 Å². The molecule has 0 bridgehead atoms. The normalized spacial score (nSPS) is 17.1. The van der Waals surface area contributed by atoms with E-state index < -0.39 is 0 Å². The predicted octanol–water partition coefficient (Wildman–Crippen LogP) is 2.47. The highest BCUT2D eigenvalue weighted by Crippen LogP contribution is 2.20. The largest absolute Gasteiger partial charge is 0.326 e. The molecule has 0 amide bonds. The van der Waals surface area contributed by atoms with Crippen molar-refractivity contribution in [3.63, 3.8) is 0 Å². The molecule has 4 nitrogen and oxygen atoms in total. The fraction of sp³-hybridized carbons (Fsp3) is 0.500. The summed E-state index contributed by atoms with van der Waals surface area (Å²) in [6.07, 6.45) is 3.86. The molecule has 0 atom stereocenters. The molecule has 1 N–H and O–H groups in total. The first-order valence-corrected chi connectivity index (χ1v) is 7.23. The van der Waals surface area contributed by atoms with Crippen molar-refractivity contribution in [2.45, 2.75) is 25.8 Å². The van der Waals surface area contributed by atoms with Gasteiger partial charge in [0, 0.05) is 13.1 Å². The van der Waals surface area contributed by atoms with Gasteiger partial charge in [-0.25, -0.2) is 4.79 Å². The molecule has 0 saturated carbocycles. The molecule has 1 aliphatic heterocycles. The summed E-state index contributed by atoms with van der Waals surface area (Å²) in [7, 11) is 0. The van der Waals surface area contributed by atoms with Gasteiger partial charge in [-0.15, -0.1) is 0 Å². The lowest BCUT2D eigenvalue weighted by atomic mass is 10.1. The van der Waals surface area contributed by atoms with Gasteiger partial charge in [0.05, 0.1) is 16.1 Å². The molecule has 5 heteroatoms. The molecule has 1 saturated heterocycles. The third-order valence-electron chi connectivity index (χ3n) is 3.83. The Morgan fingerprint density at radius 1 is 1.16 bits per heavy atom. The molecule has 1 aromatic carbocycles. The van der Waals surface area contributed by atoms with E-state index in [0.717, 1.165) is 30.7 Å². The van der Waals surface area contributed by atoms with Gasteiger partial charge in [-0.3, -0.25) is 4.57 Å². The quantitative estimate of drug-likeness (QED) is 0.938. The van der Waals surface area contributed by atoms with E-state index in [1.54, 1.807) is 4.57 Å². The molecular formula is C14H18ClN3O. The van der Waals surface area contributed by atoms with E-state index in [1.165, 1.54) is 19.3 Å². The lowest BCUT2D eigenvalue weighted by Crippen LogP contribution is -2.34. The van der Waals surface area contributed by atoms with Crippen molar-refractivity contribution in [2.75, 3.05) is 19.6 Å². The fourth-order valence-corrected chi connectivity index (χ4v) is 3.09. The first kappa shape index (κ1) is 12.8. The van der Waals surface area contributed by atoms with Crippen LogP contribution < -0.4 is 5.69 Å². The average molecular weight is 280 g/mol. The van der Waals surface area contributed by atoms with Gasteiger partial charge >= 0.3 is 5.69 Å². The summed E-state index contributed by atoms with van der Waals surface area (Å²) in [4.78, 5) is 17.3. The Bertz CT molecular complexity index is 625. The topological polar surface area (TPSA) is 41.0 Å². The number of fused-ring (bicyclic) bond motifs is 1. The number of H-pyrrole nitrogens is 1. The molecule has 0 unspecified atom stereocenters. The van der Waals surface area contributed by atoms with Crippen LogP contribution in [-0.2, 0) is 6.54 Å². The summed E-state index contributed by atoms with van der Waals surface area (Å²) in [6.45, 7) is 3.90. The highest BCUT2D eigenvalue weighted by atomic mass is 35.5. The van der Waals surface area contributed by atoms with Gasteiger partial charge in [0.2, 0.25) is 0 Å². The van der Waals surface area contributed by atoms with Crippen LogP contribution in [0.1, 0.15) is 19.3 Å². The van der Waals surface area contributed by atoms with Crippen LogP contribution in [0.5, 0.6) is 0 Å². The Morgan fingerprint density at radius 2 is 1.95 bits per heavy atom. The number of hydrogen-bond donors (Lipinski definition) is 1. The minimum atomic E-state index is -0.0693. The molecule has 1 fully saturated rings. The Balaban J connectivity index is 1.84. The standard InChI is InChI=1S/C14H18ClN3O/c15-11-5-4-6-12-13(11)18(14(19)16-12)10-9-17-7-2-1-3-8-17/h4-6H,1-3,7-10H2,(H,16,19). The summed E-state index contributed by atoms with van der Waals surface area (Å²) < 4.78 is 1.76. The van der Waals surface area contributed by atoms with E-state index in [2.05, 4.69) is 9.88 Å². The van der Waals surface area contributed by atoms with Crippen LogP contribution in [0.3, 0.4) is 0 Å². The second kappa shape index (κ2) is 5.39. The minimum Gasteiger partial charge on any atom is -0.305 e. The van der Waals surface area contributed by atoms with Gasteiger partial charge in [0.1, 0.15) is 0 Å². The number of halogens is 1. The number of aromatic amines is 1. The third-order valence-corrected chi connectivity index (χ3v) is 4.14. The van der Waals surface area contributed by atoms with Crippen LogP contribution in [0.25, 0.3) is 11.0 Å². The van der Waals surface area contributed by atoms with Gasteiger partial charge in [0.25, 0.3) is 0 Å². The molecule has 1 aliphatic rings. The van der Waals surface area contributed by atoms with Gasteiger partial charge in [0.15, 0.2) is 0 Å². The molecule has 102 valence electrons. The van der Waals surface area contributed by atoms with E-state index in [9.17, 15) is 4.79 Å². The number of nitrogens with zero attached hydrogens (tertiary/aromatic N) is 2. The molecule has 2 heterocycles. The van der Waals surface area contributed by atoms with Crippen molar-refractivity contribution in [1.29, 1.82) is 0 Å². The summed E-state index contributed by atoms with van der Waals surface area (Å²) in [5.41, 5.74) is 1.57. The predicted molar refractivity (Wildman–Crippen MR) is 77.9 cm³/mol. The number of imidazole rings is 1. The first-order valence-electron chi connectivity index (χ1n) is 6.85. The lowest BCUT2D eigenvalue weighted by Gasteiger charge is -2.26. The third kappa shape index (κ3) is 2.55. The van der Waals surface area contributed by atoms with E-state index >= 15 is 0 Å². The van der Waals surface area contributed by atoms with Crippen LogP contribution in [0.15, 0.2) is 23.0 Å². The van der Waals surface area contributed by atoms with Crippen molar-refractivity contribution < 1.29 is 0 Å². The summed E-state index contributed by atoms with van der Waals surface area (Å²) in [5, 5.41) is 0.634. The minimum absolute atomic E-state index is 0.0693. The summed E-state index contributed by atoms with van der Waals surface area (Å²) in [6, 6.07) is 5.57. The monoisotopic (exact) mass is 279 g/mol. The van der Waals surface area contributed by atoms with Crippen molar-refractivity contribution in [3.05, 3.63) is 33.7 Å². The fourth-order valence-electron chi connectivity index (χ4n) is 2.81. The zero-order valence-electron chi connectivity index (χ0n) is 10.9. The van der Waals surface area contributed by atoms with Crippen LogP contribution >= 0.6 is 11.6 Å².